The Morgan fingerprint density at radius 3 is 1.13 bits per heavy atom. The van der Waals surface area contributed by atoms with Gasteiger partial charge in [-0.25, -0.2) is 0 Å². The highest BCUT2D eigenvalue weighted by molar-refractivity contribution is 5.79. The summed E-state index contributed by atoms with van der Waals surface area (Å²) >= 11 is 0. The van der Waals surface area contributed by atoms with Gasteiger partial charge < -0.3 is 131 Å². The molecule has 0 spiro atoms. The van der Waals surface area contributed by atoms with Crippen molar-refractivity contribution in [2.75, 3.05) is 112 Å². The number of carbonyl (C=O) groups is 8. The van der Waals surface area contributed by atoms with Gasteiger partial charge in [0.1, 0.15) is 66.6 Å². The molecule has 612 valence electrons. The van der Waals surface area contributed by atoms with Crippen LogP contribution < -0.4 is 37.2 Å². The van der Waals surface area contributed by atoms with E-state index in [9.17, 15) is 84.3 Å². The molecule has 0 bridgehead atoms. The Morgan fingerprint density at radius 1 is 0.448 bits per heavy atom. The average molecular weight is 1510 g/mol. The fourth-order valence-corrected chi connectivity index (χ4v) is 13.4. The molecule has 14 atom stereocenters. The number of Topliss-reactive ketones (excluding diaryl/α,β-unsaturated/α-hetero) is 1. The monoisotopic (exact) mass is 1510 g/mol. The number of amides is 7. The molecule has 0 aromatic rings. The third kappa shape index (κ3) is 38.0. The van der Waals surface area contributed by atoms with Crippen LogP contribution in [0.1, 0.15) is 175 Å². The highest BCUT2D eigenvalue weighted by Crippen LogP contribution is 2.38. The molecule has 12 unspecified atom stereocenters. The number of aliphatic hydroxyl groups excluding tert-OH is 9. The Morgan fingerprint density at radius 2 is 0.810 bits per heavy atom. The van der Waals surface area contributed by atoms with Crippen LogP contribution in [0.15, 0.2) is 0 Å². The summed E-state index contributed by atoms with van der Waals surface area (Å²) in [6, 6.07) is -3.26. The first kappa shape index (κ1) is 96.3. The molecule has 7 amide bonds. The highest BCUT2D eigenvalue weighted by Gasteiger charge is 2.48. The topological polar surface area (TPSA) is 486 Å². The summed E-state index contributed by atoms with van der Waals surface area (Å²) in [6.07, 6.45) is -12.3. The predicted octanol–water partition coefficient (Wildman–Crippen LogP) is -0.737. The third-order valence-corrected chi connectivity index (χ3v) is 17.8. The molecule has 2 aliphatic heterocycles. The molecule has 2 saturated heterocycles. The largest absolute Gasteiger partial charge is 0.394 e. The Balaban J connectivity index is 2.30. The van der Waals surface area contributed by atoms with Crippen LogP contribution >= 0.6 is 0 Å². The maximum Gasteiger partial charge on any atom is 0.222 e. The Kier molecular flexibility index (Phi) is 41.6. The van der Waals surface area contributed by atoms with E-state index in [0.29, 0.717) is 19.3 Å². The molecule has 0 saturated carbocycles. The lowest BCUT2D eigenvalue weighted by Gasteiger charge is -2.43. The maximum atomic E-state index is 13.6. The first-order valence-electron chi connectivity index (χ1n) is 36.4. The molecule has 105 heavy (non-hydrogen) atoms. The quantitative estimate of drug-likeness (QED) is 0.0263. The van der Waals surface area contributed by atoms with E-state index < -0.39 is 168 Å². The van der Waals surface area contributed by atoms with Crippen LogP contribution in [-0.4, -0.2) is 291 Å². The zero-order valence-electron chi connectivity index (χ0n) is 65.4. The van der Waals surface area contributed by atoms with E-state index in [2.05, 4.69) is 37.2 Å². The smallest absolute Gasteiger partial charge is 0.222 e. The molecular formula is C72H133N7O26. The van der Waals surface area contributed by atoms with Crippen LogP contribution in [0.4, 0.5) is 0 Å². The van der Waals surface area contributed by atoms with Gasteiger partial charge in [0.15, 0.2) is 18.9 Å². The van der Waals surface area contributed by atoms with Crippen molar-refractivity contribution < 1.29 is 127 Å². The van der Waals surface area contributed by atoms with Crippen LogP contribution in [0.3, 0.4) is 0 Å². The Hall–Kier alpha value is -4.76. The SMILES string of the molecule is CC(=O)CCCC(=O)NCC(COCCC(=O)NCC(C)(C)CC(C)(C)COC1OC(CO)C(O)C(O)C1NC(C)=O)(COCCC(=O)NCC(C)(C)CC(C)(C)COC1OC(CO)C(O)C(O)C1NC(C)=O)COCCC(=O)NCC(C)(C)CC(C)(C)COC(OC(CO)[C@@H](C)O)[C@H](CO)NC(C)=O. The Bertz CT molecular complexity index is 2550. The van der Waals surface area contributed by atoms with Gasteiger partial charge in [0.05, 0.1) is 97.4 Å². The van der Waals surface area contributed by atoms with Crippen molar-refractivity contribution in [2.45, 2.75) is 261 Å². The van der Waals surface area contributed by atoms with Crippen LogP contribution in [0, 0.1) is 37.9 Å². The molecule has 2 fully saturated rings. The minimum absolute atomic E-state index is 0.0233. The van der Waals surface area contributed by atoms with E-state index in [4.69, 9.17) is 42.6 Å². The minimum atomic E-state index is -1.48. The number of hydrogen-bond donors (Lipinski definition) is 16. The third-order valence-electron chi connectivity index (χ3n) is 17.8. The lowest BCUT2D eigenvalue weighted by molar-refractivity contribution is -0.276. The van der Waals surface area contributed by atoms with E-state index in [0.717, 1.165) is 0 Å². The van der Waals surface area contributed by atoms with Gasteiger partial charge in [-0.1, -0.05) is 83.1 Å². The average Bonchev–Trinajstić information content (AvgIpc) is 0.807. The van der Waals surface area contributed by atoms with Crippen LogP contribution in [0.2, 0.25) is 0 Å². The van der Waals surface area contributed by atoms with Gasteiger partial charge >= 0.3 is 0 Å². The van der Waals surface area contributed by atoms with Crippen LogP contribution in [-0.2, 0) is 81.0 Å². The van der Waals surface area contributed by atoms with Gasteiger partial charge in [0, 0.05) is 79.1 Å². The zero-order valence-corrected chi connectivity index (χ0v) is 65.4. The lowest BCUT2D eigenvalue weighted by atomic mass is 9.75. The molecule has 33 heteroatoms. The van der Waals surface area contributed by atoms with Gasteiger partial charge in [-0.05, 0) is 72.0 Å². The number of aliphatic hydroxyl groups is 9. The van der Waals surface area contributed by atoms with Crippen molar-refractivity contribution in [2.24, 2.45) is 37.9 Å². The van der Waals surface area contributed by atoms with E-state index in [1.54, 1.807) is 0 Å². The molecule has 0 aromatic carbocycles. The summed E-state index contributed by atoms with van der Waals surface area (Å²) in [5, 5.41) is 112. The predicted molar refractivity (Wildman–Crippen MR) is 383 cm³/mol. The molecule has 33 nitrogen and oxygen atoms in total. The van der Waals surface area contributed by atoms with Gasteiger partial charge in [0.2, 0.25) is 41.4 Å². The fourth-order valence-electron chi connectivity index (χ4n) is 13.4. The molecule has 16 N–H and O–H groups in total. The van der Waals surface area contributed by atoms with Crippen LogP contribution in [0.25, 0.3) is 0 Å². The molecule has 0 radical (unpaired) electrons. The summed E-state index contributed by atoms with van der Waals surface area (Å²) < 4.78 is 54.4. The minimum Gasteiger partial charge on any atom is -0.394 e. The van der Waals surface area contributed by atoms with Gasteiger partial charge in [-0.2, -0.15) is 0 Å². The van der Waals surface area contributed by atoms with Gasteiger partial charge in [-0.15, -0.1) is 0 Å². The highest BCUT2D eigenvalue weighted by atomic mass is 16.7. The molecule has 2 rings (SSSR count). The number of carbonyl (C=O) groups excluding carboxylic acids is 8. The fraction of sp³-hybridized carbons (Fsp3) is 0.889. The molecular weight excluding hydrogens is 1380 g/mol. The Labute approximate surface area is 620 Å². The first-order valence-corrected chi connectivity index (χ1v) is 36.4. The van der Waals surface area contributed by atoms with Crippen molar-refractivity contribution in [3.8, 4) is 0 Å². The second-order valence-corrected chi connectivity index (χ2v) is 33.3. The zero-order chi connectivity index (χ0) is 79.9. The summed E-state index contributed by atoms with van der Waals surface area (Å²) in [7, 11) is 0. The van der Waals surface area contributed by atoms with Crippen molar-refractivity contribution in [1.29, 1.82) is 0 Å². The van der Waals surface area contributed by atoms with Crippen molar-refractivity contribution >= 4 is 47.1 Å². The summed E-state index contributed by atoms with van der Waals surface area (Å²) in [6.45, 7) is 27.6. The normalized spacial score (nSPS) is 23.0. The van der Waals surface area contributed by atoms with E-state index in [1.165, 1.54) is 34.6 Å². The second-order valence-electron chi connectivity index (χ2n) is 33.3. The number of hydrogen-bond acceptors (Lipinski definition) is 26. The molecule has 2 aliphatic rings. The van der Waals surface area contributed by atoms with E-state index >= 15 is 0 Å². The van der Waals surface area contributed by atoms with Gasteiger partial charge in [0.25, 0.3) is 0 Å². The number of rotatable bonds is 53. The van der Waals surface area contributed by atoms with Crippen molar-refractivity contribution in [3.63, 3.8) is 0 Å². The second kappa shape index (κ2) is 45.4. The van der Waals surface area contributed by atoms with Crippen molar-refractivity contribution in [1.82, 2.24) is 37.2 Å². The summed E-state index contributed by atoms with van der Waals surface area (Å²) in [5.74, 6) is -2.93. The number of nitrogens with one attached hydrogen (secondary N) is 7. The van der Waals surface area contributed by atoms with E-state index in [-0.39, 0.29) is 154 Å². The molecule has 2 heterocycles. The number of ether oxygens (including phenoxy) is 9. The maximum absolute atomic E-state index is 13.6. The lowest BCUT2D eigenvalue weighted by Crippen LogP contribution is -2.64. The van der Waals surface area contributed by atoms with Gasteiger partial charge in [-0.3, -0.25) is 33.6 Å². The van der Waals surface area contributed by atoms with E-state index in [1.807, 2.05) is 83.1 Å². The summed E-state index contributed by atoms with van der Waals surface area (Å²) in [5.41, 5.74) is -4.47. The standard InChI is InChI=1S/C72H133N7O26/c1-44(84)19-18-20-53(89)76-37-72(41-97-24-21-54(90)73-34-66(6,7)31-69(12,13)38-100-63(49(27-80)77-46(3)86)103-50(28-81)45(2)85,42-98-25-22-55(91)74-35-67(8,9)32-70(14,15)39-101-64-57(78-47(4)87)61(95)59(93)51(29-82)104-64)43-99-26-23-56(92)75-36-68(10,11)33-71(16,17)40-102-65-58(79-48(5)88)62(96)60(94)52(30-83)105-65/h45,49-52,57-65,80-83,85,93-96H,18-43H2,1-17H3,(H,73,90)(H,74,91)(H,75,92)(H,76,89)(H,77,86)(H,78,87)(H,79,88)/t45-,49+,50?,51?,52?,57?,58?,59?,60?,61?,62?,63?,64?,65?,72?/m1/s1. The van der Waals surface area contributed by atoms with Crippen molar-refractivity contribution in [3.05, 3.63) is 0 Å². The van der Waals surface area contributed by atoms with Crippen LogP contribution in [0.5, 0.6) is 0 Å². The molecule has 0 aromatic heterocycles. The summed E-state index contributed by atoms with van der Waals surface area (Å²) in [4.78, 5) is 102. The first-order chi connectivity index (χ1) is 48.6. The molecule has 0 aliphatic carbocycles. The number of ketones is 1.